The van der Waals surface area contributed by atoms with Crippen LogP contribution in [-0.4, -0.2) is 21.5 Å². The quantitative estimate of drug-likeness (QED) is 0.742. The van der Waals surface area contributed by atoms with Crippen LogP contribution in [-0.2, 0) is 7.05 Å². The second kappa shape index (κ2) is 3.71. The molecule has 0 amide bonds. The largest absolute Gasteiger partial charge is 0.396 e. The first-order chi connectivity index (χ1) is 6.74. The highest BCUT2D eigenvalue weighted by Gasteiger charge is 2.30. The van der Waals surface area contributed by atoms with Gasteiger partial charge in [0.15, 0.2) is 0 Å². The third-order valence-electron chi connectivity index (χ3n) is 2.82. The molecule has 1 aliphatic carbocycles. The van der Waals surface area contributed by atoms with Crippen molar-refractivity contribution in [3.8, 4) is 0 Å². The Morgan fingerprint density at radius 3 is 3.00 bits per heavy atom. The van der Waals surface area contributed by atoms with Crippen molar-refractivity contribution in [2.75, 3.05) is 6.61 Å². The monoisotopic (exact) mass is 195 g/mol. The van der Waals surface area contributed by atoms with Crippen LogP contribution in [0.2, 0.25) is 0 Å². The number of aliphatic hydroxyl groups is 1. The lowest BCUT2D eigenvalue weighted by atomic mass is 10.0. The van der Waals surface area contributed by atoms with Crippen molar-refractivity contribution in [1.82, 2.24) is 9.78 Å². The summed E-state index contributed by atoms with van der Waals surface area (Å²) in [6, 6.07) is -0.0655. The van der Waals surface area contributed by atoms with Crippen LogP contribution in [0.1, 0.15) is 42.5 Å². The standard InChI is InChI=1S/C10H17N3O/c1-13-10(7-2-3-7)8(6-12-13)9(11)4-5-14/h6-7,9,14H,2-5,11H2,1H3. The zero-order chi connectivity index (χ0) is 10.1. The predicted octanol–water partition coefficient (Wildman–Crippen LogP) is 0.680. The Labute approximate surface area is 83.7 Å². The number of hydrogen-bond acceptors (Lipinski definition) is 3. The van der Waals surface area contributed by atoms with Gasteiger partial charge in [-0.2, -0.15) is 5.10 Å². The highest BCUT2D eigenvalue weighted by atomic mass is 16.3. The van der Waals surface area contributed by atoms with Crippen LogP contribution in [0, 0.1) is 0 Å². The van der Waals surface area contributed by atoms with Gasteiger partial charge in [-0.05, 0) is 19.3 Å². The smallest absolute Gasteiger partial charge is 0.0540 e. The highest BCUT2D eigenvalue weighted by Crippen LogP contribution is 2.42. The van der Waals surface area contributed by atoms with Gasteiger partial charge in [0.25, 0.3) is 0 Å². The molecule has 0 aromatic carbocycles. The van der Waals surface area contributed by atoms with Crippen molar-refractivity contribution in [3.05, 3.63) is 17.5 Å². The molecule has 0 bridgehead atoms. The van der Waals surface area contributed by atoms with E-state index in [0.29, 0.717) is 12.3 Å². The molecule has 1 unspecified atom stereocenters. The van der Waals surface area contributed by atoms with Gasteiger partial charge in [-0.15, -0.1) is 0 Å². The molecule has 0 aliphatic heterocycles. The first-order valence-corrected chi connectivity index (χ1v) is 5.12. The molecule has 1 atom stereocenters. The molecule has 1 aromatic rings. The first kappa shape index (κ1) is 9.68. The Hall–Kier alpha value is -0.870. The van der Waals surface area contributed by atoms with E-state index in [0.717, 1.165) is 5.56 Å². The fraction of sp³-hybridized carbons (Fsp3) is 0.700. The predicted molar refractivity (Wildman–Crippen MR) is 53.8 cm³/mol. The van der Waals surface area contributed by atoms with E-state index < -0.39 is 0 Å². The van der Waals surface area contributed by atoms with Gasteiger partial charge >= 0.3 is 0 Å². The number of nitrogens with zero attached hydrogens (tertiary/aromatic N) is 2. The van der Waals surface area contributed by atoms with Crippen molar-refractivity contribution < 1.29 is 5.11 Å². The summed E-state index contributed by atoms with van der Waals surface area (Å²) in [6.45, 7) is 0.139. The molecule has 4 heteroatoms. The van der Waals surface area contributed by atoms with Gasteiger partial charge in [0, 0.05) is 36.9 Å². The molecule has 1 saturated carbocycles. The second-order valence-corrected chi connectivity index (χ2v) is 4.00. The molecule has 0 saturated heterocycles. The Bertz CT molecular complexity index is 317. The molecule has 3 N–H and O–H groups in total. The van der Waals surface area contributed by atoms with Crippen LogP contribution in [0.4, 0.5) is 0 Å². The van der Waals surface area contributed by atoms with Crippen molar-refractivity contribution in [2.45, 2.75) is 31.2 Å². The second-order valence-electron chi connectivity index (χ2n) is 4.00. The van der Waals surface area contributed by atoms with E-state index in [1.807, 2.05) is 17.9 Å². The Balaban J connectivity index is 2.23. The zero-order valence-electron chi connectivity index (χ0n) is 8.48. The van der Waals surface area contributed by atoms with Crippen molar-refractivity contribution in [2.24, 2.45) is 12.8 Å². The van der Waals surface area contributed by atoms with Crippen LogP contribution in [0.3, 0.4) is 0 Å². The summed E-state index contributed by atoms with van der Waals surface area (Å²) < 4.78 is 1.92. The molecule has 1 fully saturated rings. The summed E-state index contributed by atoms with van der Waals surface area (Å²) >= 11 is 0. The number of aromatic nitrogens is 2. The van der Waals surface area contributed by atoms with Gasteiger partial charge in [-0.25, -0.2) is 0 Å². The minimum Gasteiger partial charge on any atom is -0.396 e. The van der Waals surface area contributed by atoms with Gasteiger partial charge in [-0.1, -0.05) is 0 Å². The topological polar surface area (TPSA) is 64.1 Å². The van der Waals surface area contributed by atoms with Crippen molar-refractivity contribution >= 4 is 0 Å². The van der Waals surface area contributed by atoms with Crippen molar-refractivity contribution in [3.63, 3.8) is 0 Å². The molecule has 78 valence electrons. The van der Waals surface area contributed by atoms with E-state index in [1.165, 1.54) is 18.5 Å². The molecular weight excluding hydrogens is 178 g/mol. The van der Waals surface area contributed by atoms with Crippen molar-refractivity contribution in [1.29, 1.82) is 0 Å². The Morgan fingerprint density at radius 2 is 2.43 bits per heavy atom. The summed E-state index contributed by atoms with van der Waals surface area (Å²) in [5, 5.41) is 13.1. The molecular formula is C10H17N3O. The number of aliphatic hydroxyl groups excluding tert-OH is 1. The molecule has 14 heavy (non-hydrogen) atoms. The van der Waals surface area contributed by atoms with Gasteiger partial charge in [0.1, 0.15) is 0 Å². The lowest BCUT2D eigenvalue weighted by Gasteiger charge is -2.11. The summed E-state index contributed by atoms with van der Waals surface area (Å²) in [4.78, 5) is 0. The summed E-state index contributed by atoms with van der Waals surface area (Å²) in [7, 11) is 1.96. The van der Waals surface area contributed by atoms with Crippen LogP contribution in [0.5, 0.6) is 0 Å². The summed E-state index contributed by atoms with van der Waals surface area (Å²) in [6.07, 6.45) is 4.95. The molecule has 0 spiro atoms. The van der Waals surface area contributed by atoms with Gasteiger partial charge in [0.2, 0.25) is 0 Å². The van der Waals surface area contributed by atoms with Crippen LogP contribution in [0.15, 0.2) is 6.20 Å². The SMILES string of the molecule is Cn1ncc(C(N)CCO)c1C1CC1. The number of nitrogens with two attached hydrogens (primary N) is 1. The van der Waals surface area contributed by atoms with E-state index in [1.54, 1.807) is 0 Å². The molecule has 1 aromatic heterocycles. The maximum atomic E-state index is 8.84. The number of hydrogen-bond donors (Lipinski definition) is 2. The van der Waals surface area contributed by atoms with E-state index in [2.05, 4.69) is 5.10 Å². The molecule has 2 rings (SSSR count). The van der Waals surface area contributed by atoms with E-state index in [4.69, 9.17) is 10.8 Å². The first-order valence-electron chi connectivity index (χ1n) is 5.12. The average Bonchev–Trinajstić information content (AvgIpc) is 2.90. The van der Waals surface area contributed by atoms with E-state index in [9.17, 15) is 0 Å². The van der Waals surface area contributed by atoms with Crippen LogP contribution >= 0.6 is 0 Å². The lowest BCUT2D eigenvalue weighted by molar-refractivity contribution is 0.276. The Morgan fingerprint density at radius 1 is 1.71 bits per heavy atom. The van der Waals surface area contributed by atoms with E-state index >= 15 is 0 Å². The number of aryl methyl sites for hydroxylation is 1. The maximum absolute atomic E-state index is 8.84. The normalized spacial score (nSPS) is 18.5. The lowest BCUT2D eigenvalue weighted by Crippen LogP contribution is -2.13. The average molecular weight is 195 g/mol. The third kappa shape index (κ3) is 1.67. The summed E-state index contributed by atoms with van der Waals surface area (Å²) in [5.74, 6) is 0.655. The summed E-state index contributed by atoms with van der Waals surface area (Å²) in [5.41, 5.74) is 8.36. The third-order valence-corrected chi connectivity index (χ3v) is 2.82. The maximum Gasteiger partial charge on any atom is 0.0540 e. The van der Waals surface area contributed by atoms with Crippen LogP contribution in [0.25, 0.3) is 0 Å². The van der Waals surface area contributed by atoms with Gasteiger partial charge in [-0.3, -0.25) is 4.68 Å². The van der Waals surface area contributed by atoms with Gasteiger partial charge in [0.05, 0.1) is 6.20 Å². The zero-order valence-corrected chi connectivity index (χ0v) is 8.48. The molecule has 0 radical (unpaired) electrons. The minimum absolute atomic E-state index is 0.0655. The van der Waals surface area contributed by atoms with Crippen LogP contribution < -0.4 is 5.73 Å². The molecule has 1 heterocycles. The number of rotatable bonds is 4. The highest BCUT2D eigenvalue weighted by molar-refractivity contribution is 5.28. The van der Waals surface area contributed by atoms with E-state index in [-0.39, 0.29) is 12.6 Å². The molecule has 4 nitrogen and oxygen atoms in total. The minimum atomic E-state index is -0.0655. The fourth-order valence-electron chi connectivity index (χ4n) is 1.90. The fourth-order valence-corrected chi connectivity index (χ4v) is 1.90. The van der Waals surface area contributed by atoms with Gasteiger partial charge < -0.3 is 10.8 Å². The molecule has 1 aliphatic rings. The Kier molecular flexibility index (Phi) is 2.56.